The number of phenols is 2. The van der Waals surface area contributed by atoms with E-state index in [9.17, 15) is 15.0 Å². The number of hydrogen-bond acceptors (Lipinski definition) is 5. The lowest BCUT2D eigenvalue weighted by Gasteiger charge is -2.36. The predicted molar refractivity (Wildman–Crippen MR) is 70.4 cm³/mol. The van der Waals surface area contributed by atoms with E-state index in [1.807, 2.05) is 4.90 Å². The van der Waals surface area contributed by atoms with Crippen molar-refractivity contribution in [1.29, 1.82) is 0 Å². The van der Waals surface area contributed by atoms with E-state index in [0.717, 1.165) is 12.8 Å². The molecule has 1 aromatic rings. The zero-order valence-electron chi connectivity index (χ0n) is 10.7. The van der Waals surface area contributed by atoms with Gasteiger partial charge in [-0.2, -0.15) is 0 Å². The van der Waals surface area contributed by atoms with Crippen molar-refractivity contribution >= 4 is 5.78 Å². The highest BCUT2D eigenvalue weighted by molar-refractivity contribution is 5.98. The van der Waals surface area contributed by atoms with Crippen molar-refractivity contribution in [2.75, 3.05) is 19.7 Å². The molecule has 104 valence electrons. The number of Topliss-reactive ketones (excluding diaryl/α,β-unsaturated/α-hetero) is 1. The molecule has 0 heterocycles. The molecule has 2 rings (SSSR count). The van der Waals surface area contributed by atoms with E-state index in [-0.39, 0.29) is 30.4 Å². The van der Waals surface area contributed by atoms with Crippen LogP contribution in [0.15, 0.2) is 18.2 Å². The number of nitrogens with zero attached hydrogens (tertiary/aromatic N) is 1. The van der Waals surface area contributed by atoms with Crippen LogP contribution in [0.5, 0.6) is 11.5 Å². The average molecular weight is 265 g/mol. The van der Waals surface area contributed by atoms with E-state index in [2.05, 4.69) is 0 Å². The Balaban J connectivity index is 2.03. The van der Waals surface area contributed by atoms with E-state index < -0.39 is 0 Å². The first-order valence-corrected chi connectivity index (χ1v) is 6.52. The third-order valence-electron chi connectivity index (χ3n) is 3.62. The SMILES string of the molecule is O=C(CN(CCO)C1CCC1)c1ccc(O)c(O)c1. The Morgan fingerprint density at radius 3 is 2.53 bits per heavy atom. The first kappa shape index (κ1) is 13.8. The highest BCUT2D eigenvalue weighted by Gasteiger charge is 2.26. The Labute approximate surface area is 112 Å². The minimum atomic E-state index is -0.289. The van der Waals surface area contributed by atoms with Crippen LogP contribution in [-0.2, 0) is 0 Å². The molecule has 3 N–H and O–H groups in total. The van der Waals surface area contributed by atoms with Crippen LogP contribution in [-0.4, -0.2) is 51.7 Å². The lowest BCUT2D eigenvalue weighted by atomic mass is 9.91. The molecule has 0 saturated heterocycles. The molecule has 5 nitrogen and oxygen atoms in total. The summed E-state index contributed by atoms with van der Waals surface area (Å²) in [6.07, 6.45) is 3.29. The number of ketones is 1. The summed E-state index contributed by atoms with van der Waals surface area (Å²) >= 11 is 0. The normalized spacial score (nSPS) is 15.5. The quantitative estimate of drug-likeness (QED) is 0.530. The third kappa shape index (κ3) is 3.24. The van der Waals surface area contributed by atoms with Crippen molar-refractivity contribution in [3.8, 4) is 11.5 Å². The highest BCUT2D eigenvalue weighted by Crippen LogP contribution is 2.27. The number of benzene rings is 1. The average Bonchev–Trinajstić information content (AvgIpc) is 2.30. The minimum Gasteiger partial charge on any atom is -0.504 e. The van der Waals surface area contributed by atoms with Crippen molar-refractivity contribution in [2.45, 2.75) is 25.3 Å². The molecule has 0 radical (unpaired) electrons. The summed E-state index contributed by atoms with van der Waals surface area (Å²) in [5, 5.41) is 27.7. The van der Waals surface area contributed by atoms with Gasteiger partial charge >= 0.3 is 0 Å². The molecule has 0 aliphatic heterocycles. The molecule has 0 unspecified atom stereocenters. The molecular formula is C14H19NO4. The molecule has 0 aromatic heterocycles. The maximum atomic E-state index is 12.1. The van der Waals surface area contributed by atoms with Gasteiger partial charge in [-0.1, -0.05) is 6.42 Å². The number of hydrogen-bond donors (Lipinski definition) is 3. The van der Waals surface area contributed by atoms with Crippen LogP contribution >= 0.6 is 0 Å². The fourth-order valence-corrected chi connectivity index (χ4v) is 2.24. The van der Waals surface area contributed by atoms with Gasteiger partial charge in [0.15, 0.2) is 17.3 Å². The molecule has 1 aliphatic rings. The fourth-order valence-electron chi connectivity index (χ4n) is 2.24. The van der Waals surface area contributed by atoms with Gasteiger partial charge < -0.3 is 15.3 Å². The van der Waals surface area contributed by atoms with Gasteiger partial charge in [0.2, 0.25) is 0 Å². The number of carbonyl (C=O) groups is 1. The fraction of sp³-hybridized carbons (Fsp3) is 0.500. The van der Waals surface area contributed by atoms with Crippen molar-refractivity contribution in [2.24, 2.45) is 0 Å². The molecule has 0 spiro atoms. The zero-order chi connectivity index (χ0) is 13.8. The summed E-state index contributed by atoms with van der Waals surface area (Å²) in [7, 11) is 0. The summed E-state index contributed by atoms with van der Waals surface area (Å²) in [5.41, 5.74) is 0.373. The molecular weight excluding hydrogens is 246 g/mol. The molecule has 1 fully saturated rings. The standard InChI is InChI=1S/C14H19NO4/c16-7-6-15(11-2-1-3-11)9-14(19)10-4-5-12(17)13(18)8-10/h4-5,8,11,16-18H,1-3,6-7,9H2. The van der Waals surface area contributed by atoms with Crippen molar-refractivity contribution < 1.29 is 20.1 Å². The van der Waals surface area contributed by atoms with Gasteiger partial charge in [0.1, 0.15) is 0 Å². The lowest BCUT2D eigenvalue weighted by Crippen LogP contribution is -2.44. The molecule has 1 saturated carbocycles. The van der Waals surface area contributed by atoms with Gasteiger partial charge in [0, 0.05) is 18.2 Å². The predicted octanol–water partition coefficient (Wildman–Crippen LogP) is 1.13. The first-order valence-electron chi connectivity index (χ1n) is 6.52. The van der Waals surface area contributed by atoms with Crippen LogP contribution < -0.4 is 0 Å². The van der Waals surface area contributed by atoms with Gasteiger partial charge in [0.25, 0.3) is 0 Å². The van der Waals surface area contributed by atoms with Gasteiger partial charge in [-0.15, -0.1) is 0 Å². The molecule has 0 amide bonds. The van der Waals surface area contributed by atoms with Crippen LogP contribution in [0.4, 0.5) is 0 Å². The van der Waals surface area contributed by atoms with Crippen LogP contribution in [0.25, 0.3) is 0 Å². The summed E-state index contributed by atoms with van der Waals surface area (Å²) in [6.45, 7) is 0.751. The second-order valence-corrected chi connectivity index (χ2v) is 4.91. The highest BCUT2D eigenvalue weighted by atomic mass is 16.3. The summed E-state index contributed by atoms with van der Waals surface area (Å²) in [5.74, 6) is -0.637. The number of aliphatic hydroxyl groups excluding tert-OH is 1. The number of rotatable bonds is 6. The molecule has 0 atom stereocenters. The Morgan fingerprint density at radius 1 is 1.26 bits per heavy atom. The Hall–Kier alpha value is -1.59. The molecule has 5 heteroatoms. The van der Waals surface area contributed by atoms with Gasteiger partial charge in [-0.25, -0.2) is 0 Å². The first-order chi connectivity index (χ1) is 9.11. The number of phenolic OH excluding ortho intramolecular Hbond substituents is 2. The maximum Gasteiger partial charge on any atom is 0.176 e. The van der Waals surface area contributed by atoms with Crippen molar-refractivity contribution in [3.05, 3.63) is 23.8 Å². The molecule has 1 aliphatic carbocycles. The van der Waals surface area contributed by atoms with Gasteiger partial charge in [-0.3, -0.25) is 9.69 Å². The van der Waals surface area contributed by atoms with E-state index in [0.29, 0.717) is 18.2 Å². The van der Waals surface area contributed by atoms with E-state index >= 15 is 0 Å². The van der Waals surface area contributed by atoms with E-state index in [1.54, 1.807) is 0 Å². The van der Waals surface area contributed by atoms with Crippen molar-refractivity contribution in [3.63, 3.8) is 0 Å². The van der Waals surface area contributed by atoms with E-state index in [1.165, 1.54) is 24.6 Å². The number of aromatic hydroxyl groups is 2. The monoisotopic (exact) mass is 265 g/mol. The summed E-state index contributed by atoms with van der Waals surface area (Å²) in [6, 6.07) is 4.45. The number of carbonyl (C=O) groups excluding carboxylic acids is 1. The molecule has 1 aromatic carbocycles. The van der Waals surface area contributed by atoms with Crippen LogP contribution in [0, 0.1) is 0 Å². The summed E-state index contributed by atoms with van der Waals surface area (Å²) < 4.78 is 0. The second-order valence-electron chi connectivity index (χ2n) is 4.91. The molecule has 0 bridgehead atoms. The van der Waals surface area contributed by atoms with E-state index in [4.69, 9.17) is 5.11 Å². The van der Waals surface area contributed by atoms with Gasteiger partial charge in [0.05, 0.1) is 13.2 Å². The smallest absolute Gasteiger partial charge is 0.176 e. The topological polar surface area (TPSA) is 81.0 Å². The largest absolute Gasteiger partial charge is 0.504 e. The third-order valence-corrected chi connectivity index (χ3v) is 3.62. The lowest BCUT2D eigenvalue weighted by molar-refractivity contribution is 0.0747. The van der Waals surface area contributed by atoms with Crippen LogP contribution in [0.2, 0.25) is 0 Å². The maximum absolute atomic E-state index is 12.1. The van der Waals surface area contributed by atoms with Crippen LogP contribution in [0.1, 0.15) is 29.6 Å². The van der Waals surface area contributed by atoms with Gasteiger partial charge in [-0.05, 0) is 31.0 Å². The van der Waals surface area contributed by atoms with Crippen molar-refractivity contribution in [1.82, 2.24) is 4.90 Å². The zero-order valence-corrected chi connectivity index (χ0v) is 10.7. The molecule has 19 heavy (non-hydrogen) atoms. The summed E-state index contributed by atoms with van der Waals surface area (Å²) in [4.78, 5) is 14.1. The minimum absolute atomic E-state index is 0.0323. The Bertz CT molecular complexity index is 457. The number of aliphatic hydroxyl groups is 1. The Kier molecular flexibility index (Phi) is 4.39. The van der Waals surface area contributed by atoms with Crippen LogP contribution in [0.3, 0.4) is 0 Å². The Morgan fingerprint density at radius 2 is 2.00 bits per heavy atom. The second kappa shape index (κ2) is 6.04.